The normalized spacial score (nSPS) is 10.1. The monoisotopic (exact) mass is 305 g/mol. The van der Waals surface area contributed by atoms with Crippen molar-refractivity contribution in [2.45, 2.75) is 6.92 Å². The lowest BCUT2D eigenvalue weighted by Crippen LogP contribution is -2.34. The van der Waals surface area contributed by atoms with E-state index in [-0.39, 0.29) is 0 Å². The largest absolute Gasteiger partial charge is 0.326 e. The van der Waals surface area contributed by atoms with E-state index < -0.39 is 11.9 Å². The Bertz CT molecular complexity index is 790. The van der Waals surface area contributed by atoms with Gasteiger partial charge in [-0.25, -0.2) is 4.79 Å². The predicted octanol–water partition coefficient (Wildman–Crippen LogP) is 3.55. The van der Waals surface area contributed by atoms with E-state index in [1.165, 1.54) is 0 Å². The maximum Gasteiger partial charge on any atom is 0.326 e. The molecule has 2 aromatic rings. The van der Waals surface area contributed by atoms with Crippen molar-refractivity contribution in [3.05, 3.63) is 71.3 Å². The molecule has 0 atom stereocenters. The van der Waals surface area contributed by atoms with Gasteiger partial charge in [0.2, 0.25) is 0 Å². The van der Waals surface area contributed by atoms with Crippen LogP contribution in [0.2, 0.25) is 0 Å². The van der Waals surface area contributed by atoms with Crippen molar-refractivity contribution < 1.29 is 9.59 Å². The van der Waals surface area contributed by atoms with Crippen LogP contribution in [-0.2, 0) is 0 Å². The highest BCUT2D eigenvalue weighted by atomic mass is 16.2. The summed E-state index contributed by atoms with van der Waals surface area (Å²) in [6, 6.07) is 14.9. The van der Waals surface area contributed by atoms with Gasteiger partial charge in [0.25, 0.3) is 5.91 Å². The van der Waals surface area contributed by atoms with Gasteiger partial charge in [-0.3, -0.25) is 10.1 Å². The van der Waals surface area contributed by atoms with Crippen LogP contribution >= 0.6 is 0 Å². The second-order valence-electron chi connectivity index (χ2n) is 4.66. The van der Waals surface area contributed by atoms with Crippen molar-refractivity contribution in [2.75, 3.05) is 5.32 Å². The molecule has 23 heavy (non-hydrogen) atoms. The summed E-state index contributed by atoms with van der Waals surface area (Å²) in [5.74, 6) is -0.508. The maximum atomic E-state index is 12.0. The van der Waals surface area contributed by atoms with E-state index in [0.717, 1.165) is 0 Å². The minimum Gasteiger partial charge on any atom is -0.306 e. The van der Waals surface area contributed by atoms with Crippen LogP contribution in [0.3, 0.4) is 0 Å². The third-order valence-corrected chi connectivity index (χ3v) is 3.07. The van der Waals surface area contributed by atoms with Crippen molar-refractivity contribution in [3.63, 3.8) is 0 Å². The third kappa shape index (κ3) is 4.05. The van der Waals surface area contributed by atoms with Crippen LogP contribution in [0, 0.1) is 11.3 Å². The van der Waals surface area contributed by atoms with Crippen molar-refractivity contribution >= 4 is 23.7 Å². The summed E-state index contributed by atoms with van der Waals surface area (Å²) in [5.41, 5.74) is 1.77. The number of carbonyl (C=O) groups excluding carboxylic acids is 2. The second kappa shape index (κ2) is 7.57. The highest BCUT2D eigenvalue weighted by Gasteiger charge is 2.12. The van der Waals surface area contributed by atoms with Crippen LogP contribution in [0.25, 0.3) is 6.08 Å². The molecular formula is C18H15N3O2. The third-order valence-electron chi connectivity index (χ3n) is 3.07. The molecular weight excluding hydrogens is 290 g/mol. The number of nitrogens with zero attached hydrogens (tertiary/aromatic N) is 1. The van der Waals surface area contributed by atoms with Gasteiger partial charge < -0.3 is 5.32 Å². The number of imide groups is 1. The molecule has 0 radical (unpaired) electrons. The highest BCUT2D eigenvalue weighted by molar-refractivity contribution is 6.08. The first-order valence-corrected chi connectivity index (χ1v) is 6.99. The van der Waals surface area contributed by atoms with E-state index in [9.17, 15) is 14.9 Å². The Labute approximate surface area is 134 Å². The Morgan fingerprint density at radius 3 is 2.48 bits per heavy atom. The number of amides is 3. The van der Waals surface area contributed by atoms with Gasteiger partial charge in [0, 0.05) is 5.56 Å². The molecule has 0 aliphatic carbocycles. The van der Waals surface area contributed by atoms with Crippen molar-refractivity contribution in [1.29, 1.82) is 5.26 Å². The minimum atomic E-state index is -0.687. The molecule has 5 nitrogen and oxygen atoms in total. The van der Waals surface area contributed by atoms with Gasteiger partial charge in [0.05, 0.1) is 11.3 Å². The fourth-order valence-corrected chi connectivity index (χ4v) is 2.04. The molecule has 0 saturated carbocycles. The quantitative estimate of drug-likeness (QED) is 0.909. The molecule has 5 heteroatoms. The average molecular weight is 305 g/mol. The predicted molar refractivity (Wildman–Crippen MR) is 88.8 cm³/mol. The van der Waals surface area contributed by atoms with Gasteiger partial charge in [-0.15, -0.1) is 0 Å². The van der Waals surface area contributed by atoms with Crippen molar-refractivity contribution in [1.82, 2.24) is 5.32 Å². The summed E-state index contributed by atoms with van der Waals surface area (Å²) >= 11 is 0. The van der Waals surface area contributed by atoms with E-state index in [1.54, 1.807) is 60.7 Å². The highest BCUT2D eigenvalue weighted by Crippen LogP contribution is 2.20. The summed E-state index contributed by atoms with van der Waals surface area (Å²) in [4.78, 5) is 23.9. The lowest BCUT2D eigenvalue weighted by molar-refractivity contribution is 0.0967. The number of carbonyl (C=O) groups is 2. The number of allylic oxidation sites excluding steroid dienone is 1. The molecule has 0 unspecified atom stereocenters. The van der Waals surface area contributed by atoms with Gasteiger partial charge >= 0.3 is 6.03 Å². The maximum absolute atomic E-state index is 12.0. The molecule has 0 fully saturated rings. The lowest BCUT2D eigenvalue weighted by atomic mass is 10.1. The molecule has 2 N–H and O–H groups in total. The molecule has 2 rings (SSSR count). The first-order valence-electron chi connectivity index (χ1n) is 6.99. The minimum absolute atomic E-state index is 0.341. The number of anilines is 1. The van der Waals surface area contributed by atoms with Crippen LogP contribution in [0.4, 0.5) is 10.5 Å². The van der Waals surface area contributed by atoms with Crippen LogP contribution in [0.5, 0.6) is 0 Å². The number of nitriles is 1. The zero-order valence-corrected chi connectivity index (χ0v) is 12.5. The topological polar surface area (TPSA) is 82.0 Å². The number of rotatable bonds is 3. The molecule has 0 aliphatic rings. The number of urea groups is 1. The summed E-state index contributed by atoms with van der Waals surface area (Å²) < 4.78 is 0. The standard InChI is InChI=1S/C18H15N3O2/c1-2-7-13-10-6-11-16(15(13)12-19)20-18(23)21-17(22)14-8-4-3-5-9-14/h2-11H,1H3,(H2,20,21,22,23)/b7-2+. The summed E-state index contributed by atoms with van der Waals surface area (Å²) in [6.07, 6.45) is 3.58. The molecule has 114 valence electrons. The smallest absolute Gasteiger partial charge is 0.306 e. The summed E-state index contributed by atoms with van der Waals surface area (Å²) in [7, 11) is 0. The first-order chi connectivity index (χ1) is 11.2. The van der Waals surface area contributed by atoms with Gasteiger partial charge in [0.15, 0.2) is 0 Å². The summed E-state index contributed by atoms with van der Waals surface area (Å²) in [6.45, 7) is 1.84. The van der Waals surface area contributed by atoms with Gasteiger partial charge in [0.1, 0.15) is 6.07 Å². The summed E-state index contributed by atoms with van der Waals surface area (Å²) in [5, 5.41) is 14.0. The second-order valence-corrected chi connectivity index (χ2v) is 4.66. The molecule has 2 aromatic carbocycles. The van der Waals surface area contributed by atoms with Crippen molar-refractivity contribution in [3.8, 4) is 6.07 Å². The van der Waals surface area contributed by atoms with E-state index in [0.29, 0.717) is 22.4 Å². The Hall–Kier alpha value is -3.39. The van der Waals surface area contributed by atoms with E-state index in [2.05, 4.69) is 16.7 Å². The fourth-order valence-electron chi connectivity index (χ4n) is 2.04. The number of nitrogens with one attached hydrogen (secondary N) is 2. The number of hydrogen-bond acceptors (Lipinski definition) is 3. The van der Waals surface area contributed by atoms with Crippen LogP contribution < -0.4 is 10.6 Å². The Kier molecular flexibility index (Phi) is 5.26. The SMILES string of the molecule is C/C=C/c1cccc(NC(=O)NC(=O)c2ccccc2)c1C#N. The molecule has 0 aromatic heterocycles. The van der Waals surface area contributed by atoms with Gasteiger partial charge in [-0.2, -0.15) is 5.26 Å². The van der Waals surface area contributed by atoms with Crippen LogP contribution in [0.1, 0.15) is 28.4 Å². The van der Waals surface area contributed by atoms with Gasteiger partial charge in [-0.1, -0.05) is 42.5 Å². The molecule has 0 saturated heterocycles. The molecule has 0 heterocycles. The van der Waals surface area contributed by atoms with E-state index in [1.807, 2.05) is 6.92 Å². The van der Waals surface area contributed by atoms with Gasteiger partial charge in [-0.05, 0) is 30.7 Å². The van der Waals surface area contributed by atoms with Crippen LogP contribution in [0.15, 0.2) is 54.6 Å². The Morgan fingerprint density at radius 2 is 1.83 bits per heavy atom. The number of hydrogen-bond donors (Lipinski definition) is 2. The molecule has 0 spiro atoms. The average Bonchev–Trinajstić information content (AvgIpc) is 2.56. The lowest BCUT2D eigenvalue weighted by Gasteiger charge is -2.09. The van der Waals surface area contributed by atoms with E-state index in [4.69, 9.17) is 0 Å². The van der Waals surface area contributed by atoms with Crippen LogP contribution in [-0.4, -0.2) is 11.9 Å². The number of benzene rings is 2. The van der Waals surface area contributed by atoms with E-state index >= 15 is 0 Å². The molecule has 0 bridgehead atoms. The first kappa shape index (κ1) is 16.0. The van der Waals surface area contributed by atoms with Crippen molar-refractivity contribution in [2.24, 2.45) is 0 Å². The molecule has 3 amide bonds. The zero-order valence-electron chi connectivity index (χ0n) is 12.5. The molecule has 0 aliphatic heterocycles. The Balaban J connectivity index is 2.14. The fraction of sp³-hybridized carbons (Fsp3) is 0.0556. The zero-order chi connectivity index (χ0) is 16.7. The Morgan fingerprint density at radius 1 is 1.09 bits per heavy atom.